The average Bonchev–Trinajstić information content (AvgIpc) is 2.48. The maximum absolute atomic E-state index is 12.0. The highest BCUT2D eigenvalue weighted by Gasteiger charge is 2.23. The summed E-state index contributed by atoms with van der Waals surface area (Å²) in [5, 5.41) is 0. The molecule has 5 heteroatoms. The Hall–Kier alpha value is -2.56. The van der Waals surface area contributed by atoms with Crippen LogP contribution in [0.2, 0.25) is 0 Å². The molecule has 1 aliphatic heterocycles. The Morgan fingerprint density at radius 1 is 1.20 bits per heavy atom. The number of carbonyl (C=O) groups is 2. The fourth-order valence-electron chi connectivity index (χ4n) is 1.75. The summed E-state index contributed by atoms with van der Waals surface area (Å²) in [5.41, 5.74) is 0.403. The van der Waals surface area contributed by atoms with Gasteiger partial charge in [-0.05, 0) is 12.1 Å². The zero-order valence-corrected chi connectivity index (χ0v) is 11.3. The molecule has 1 aromatic rings. The first-order valence-corrected chi connectivity index (χ1v) is 6.15. The van der Waals surface area contributed by atoms with Gasteiger partial charge in [0.1, 0.15) is 5.75 Å². The lowest BCUT2D eigenvalue weighted by Crippen LogP contribution is -2.29. The van der Waals surface area contributed by atoms with Crippen LogP contribution in [0, 0.1) is 5.92 Å². The number of methoxy groups -OCH3 is 1. The largest absolute Gasteiger partial charge is 0.466 e. The van der Waals surface area contributed by atoms with Gasteiger partial charge in [-0.25, -0.2) is 9.59 Å². The molecule has 0 fully saturated rings. The van der Waals surface area contributed by atoms with Crippen LogP contribution in [-0.4, -0.2) is 24.1 Å². The molecular weight excluding hydrogens is 258 g/mol. The van der Waals surface area contributed by atoms with Crippen molar-refractivity contribution < 1.29 is 19.1 Å². The molecule has 0 bridgehead atoms. The Morgan fingerprint density at radius 2 is 1.90 bits per heavy atom. The Kier molecular flexibility index (Phi) is 4.20. The fraction of sp³-hybridized carbons (Fsp3) is 0.200. The van der Waals surface area contributed by atoms with Crippen molar-refractivity contribution in [3.8, 4) is 5.75 Å². The van der Waals surface area contributed by atoms with Gasteiger partial charge in [0.05, 0.1) is 12.7 Å². The molecule has 0 N–H and O–H groups in total. The highest BCUT2D eigenvalue weighted by atomic mass is 16.6. The Labute approximate surface area is 117 Å². The summed E-state index contributed by atoms with van der Waals surface area (Å²) < 4.78 is 9.88. The second-order valence-electron chi connectivity index (χ2n) is 4.29. The minimum Gasteiger partial charge on any atom is -0.466 e. The SMILES string of the molecule is COC(=O)C1=CN(C(=O)Oc2ccccc2)C=CC1C. The number of benzene rings is 1. The molecule has 1 atom stereocenters. The van der Waals surface area contributed by atoms with E-state index in [1.165, 1.54) is 18.2 Å². The number of ether oxygens (including phenoxy) is 2. The number of carbonyl (C=O) groups excluding carboxylic acids is 2. The molecule has 1 unspecified atom stereocenters. The lowest BCUT2D eigenvalue weighted by Gasteiger charge is -2.21. The molecule has 0 aromatic heterocycles. The summed E-state index contributed by atoms with van der Waals surface area (Å²) >= 11 is 0. The molecule has 0 radical (unpaired) electrons. The van der Waals surface area contributed by atoms with E-state index in [1.807, 2.05) is 13.0 Å². The lowest BCUT2D eigenvalue weighted by molar-refractivity contribution is -0.136. The van der Waals surface area contributed by atoms with E-state index in [9.17, 15) is 9.59 Å². The van der Waals surface area contributed by atoms with E-state index < -0.39 is 12.1 Å². The number of amides is 1. The first-order valence-electron chi connectivity index (χ1n) is 6.15. The third-order valence-corrected chi connectivity index (χ3v) is 2.88. The molecule has 1 aliphatic rings. The molecule has 0 saturated carbocycles. The predicted octanol–water partition coefficient (Wildman–Crippen LogP) is 2.71. The summed E-state index contributed by atoms with van der Waals surface area (Å²) in [6, 6.07) is 8.73. The zero-order chi connectivity index (χ0) is 14.5. The zero-order valence-electron chi connectivity index (χ0n) is 11.3. The van der Waals surface area contributed by atoms with Gasteiger partial charge in [0.25, 0.3) is 0 Å². The van der Waals surface area contributed by atoms with Crippen molar-refractivity contribution in [3.05, 3.63) is 54.4 Å². The second kappa shape index (κ2) is 6.06. The smallest absolute Gasteiger partial charge is 0.423 e. The van der Waals surface area contributed by atoms with Gasteiger partial charge < -0.3 is 9.47 Å². The molecule has 2 rings (SSSR count). The van der Waals surface area contributed by atoms with Crippen LogP contribution >= 0.6 is 0 Å². The van der Waals surface area contributed by atoms with Crippen LogP contribution in [0.5, 0.6) is 5.75 Å². The highest BCUT2D eigenvalue weighted by Crippen LogP contribution is 2.21. The van der Waals surface area contributed by atoms with E-state index in [-0.39, 0.29) is 5.92 Å². The van der Waals surface area contributed by atoms with Crippen LogP contribution in [0.3, 0.4) is 0 Å². The monoisotopic (exact) mass is 273 g/mol. The minimum atomic E-state index is -0.583. The Balaban J connectivity index is 2.12. The summed E-state index contributed by atoms with van der Waals surface area (Å²) in [6.45, 7) is 1.85. The van der Waals surface area contributed by atoms with Crippen molar-refractivity contribution in [3.63, 3.8) is 0 Å². The van der Waals surface area contributed by atoms with Crippen LogP contribution in [-0.2, 0) is 9.53 Å². The third kappa shape index (κ3) is 3.06. The quantitative estimate of drug-likeness (QED) is 0.777. The predicted molar refractivity (Wildman–Crippen MR) is 72.7 cm³/mol. The minimum absolute atomic E-state index is 0.108. The number of allylic oxidation sites excluding steroid dienone is 1. The molecule has 0 spiro atoms. The van der Waals surface area contributed by atoms with Crippen LogP contribution in [0.1, 0.15) is 6.92 Å². The topological polar surface area (TPSA) is 55.8 Å². The molecule has 104 valence electrons. The van der Waals surface area contributed by atoms with E-state index in [0.29, 0.717) is 11.3 Å². The maximum Gasteiger partial charge on any atom is 0.423 e. The van der Waals surface area contributed by atoms with Gasteiger partial charge in [-0.3, -0.25) is 4.90 Å². The van der Waals surface area contributed by atoms with Crippen LogP contribution < -0.4 is 4.74 Å². The van der Waals surface area contributed by atoms with Crippen molar-refractivity contribution in [1.29, 1.82) is 0 Å². The second-order valence-corrected chi connectivity index (χ2v) is 4.29. The van der Waals surface area contributed by atoms with Crippen molar-refractivity contribution in [2.75, 3.05) is 7.11 Å². The van der Waals surface area contributed by atoms with Gasteiger partial charge in [0.2, 0.25) is 0 Å². The van der Waals surface area contributed by atoms with E-state index in [2.05, 4.69) is 4.74 Å². The molecule has 1 aromatic carbocycles. The van der Waals surface area contributed by atoms with Gasteiger partial charge in [-0.15, -0.1) is 0 Å². The number of esters is 1. The molecule has 5 nitrogen and oxygen atoms in total. The van der Waals surface area contributed by atoms with E-state index >= 15 is 0 Å². The number of rotatable bonds is 2. The van der Waals surface area contributed by atoms with Gasteiger partial charge >= 0.3 is 12.1 Å². The highest BCUT2D eigenvalue weighted by molar-refractivity contribution is 5.90. The van der Waals surface area contributed by atoms with Crippen molar-refractivity contribution in [1.82, 2.24) is 4.90 Å². The maximum atomic E-state index is 12.0. The molecule has 20 heavy (non-hydrogen) atoms. The van der Waals surface area contributed by atoms with Crippen LogP contribution in [0.15, 0.2) is 54.4 Å². The Morgan fingerprint density at radius 3 is 2.55 bits per heavy atom. The van der Waals surface area contributed by atoms with Crippen molar-refractivity contribution in [2.45, 2.75) is 6.92 Å². The standard InChI is InChI=1S/C15H15NO4/c1-11-8-9-16(10-13(11)14(17)19-2)15(18)20-12-6-4-3-5-7-12/h3-11H,1-2H3. The summed E-state index contributed by atoms with van der Waals surface area (Å²) in [5.74, 6) is -0.125. The number of nitrogens with zero attached hydrogens (tertiary/aromatic N) is 1. The molecular formula is C15H15NO4. The lowest BCUT2D eigenvalue weighted by atomic mass is 10.0. The van der Waals surface area contributed by atoms with Crippen molar-refractivity contribution in [2.24, 2.45) is 5.92 Å². The van der Waals surface area contributed by atoms with E-state index in [0.717, 1.165) is 0 Å². The first kappa shape index (κ1) is 13.9. The molecule has 1 amide bonds. The number of para-hydroxylation sites is 1. The van der Waals surface area contributed by atoms with Gasteiger partial charge in [0, 0.05) is 18.3 Å². The molecule has 1 heterocycles. The average molecular weight is 273 g/mol. The van der Waals surface area contributed by atoms with Gasteiger partial charge in [-0.2, -0.15) is 0 Å². The summed E-state index contributed by atoms with van der Waals surface area (Å²) in [7, 11) is 1.31. The number of hydrogen-bond acceptors (Lipinski definition) is 4. The third-order valence-electron chi connectivity index (χ3n) is 2.88. The van der Waals surface area contributed by atoms with E-state index in [4.69, 9.17) is 4.74 Å². The van der Waals surface area contributed by atoms with Crippen molar-refractivity contribution >= 4 is 12.1 Å². The molecule has 0 saturated heterocycles. The normalized spacial score (nSPS) is 17.4. The first-order chi connectivity index (χ1) is 9.61. The summed E-state index contributed by atoms with van der Waals surface area (Å²) in [4.78, 5) is 24.8. The fourth-order valence-corrected chi connectivity index (χ4v) is 1.75. The molecule has 0 aliphatic carbocycles. The summed E-state index contributed by atoms with van der Waals surface area (Å²) in [6.07, 6.45) is 4.16. The van der Waals surface area contributed by atoms with Gasteiger partial charge in [0.15, 0.2) is 0 Å². The van der Waals surface area contributed by atoms with E-state index in [1.54, 1.807) is 36.5 Å². The van der Waals surface area contributed by atoms with Gasteiger partial charge in [-0.1, -0.05) is 31.2 Å². The number of hydrogen-bond donors (Lipinski definition) is 0. The van der Waals surface area contributed by atoms with Crippen LogP contribution in [0.4, 0.5) is 4.79 Å². The van der Waals surface area contributed by atoms with Crippen LogP contribution in [0.25, 0.3) is 0 Å². The Bertz CT molecular complexity index is 562.